The molecular formula is C35H40FN5O5. The van der Waals surface area contributed by atoms with E-state index in [-0.39, 0.29) is 30.7 Å². The number of benzene rings is 3. The fraction of sp³-hybridized carbons (Fsp3) is 0.371. The van der Waals surface area contributed by atoms with E-state index in [1.807, 2.05) is 50.2 Å². The van der Waals surface area contributed by atoms with Gasteiger partial charge >= 0.3 is 6.03 Å². The second-order valence-electron chi connectivity index (χ2n) is 12.0. The SMILES string of the molecule is COc1cc(-c2cccc(-c3cccc(NC(=O)C4CN(C)C(=O)N(C)C4=O)c3C)c2C)cc(F)c1CNCC1CCNC(=O)C1. The summed E-state index contributed by atoms with van der Waals surface area (Å²) in [6, 6.07) is 14.3. The molecule has 2 saturated heterocycles. The molecule has 2 fully saturated rings. The smallest absolute Gasteiger partial charge is 0.326 e. The van der Waals surface area contributed by atoms with Crippen LogP contribution in [0.4, 0.5) is 14.9 Å². The van der Waals surface area contributed by atoms with Crippen molar-refractivity contribution in [3.05, 3.63) is 71.0 Å². The lowest BCUT2D eigenvalue weighted by Gasteiger charge is -2.33. The Labute approximate surface area is 268 Å². The van der Waals surface area contributed by atoms with E-state index in [4.69, 9.17) is 4.74 Å². The van der Waals surface area contributed by atoms with E-state index in [0.29, 0.717) is 42.1 Å². The minimum atomic E-state index is -1.02. The number of anilines is 1. The van der Waals surface area contributed by atoms with Crippen molar-refractivity contribution in [1.29, 1.82) is 0 Å². The number of nitrogens with one attached hydrogen (secondary N) is 3. The number of hydrogen-bond acceptors (Lipinski definition) is 6. The molecule has 0 radical (unpaired) electrons. The van der Waals surface area contributed by atoms with Crippen LogP contribution in [0.2, 0.25) is 0 Å². The van der Waals surface area contributed by atoms with E-state index in [2.05, 4.69) is 16.0 Å². The maximum Gasteiger partial charge on any atom is 0.326 e. The Morgan fingerprint density at radius 2 is 1.72 bits per heavy atom. The molecule has 2 heterocycles. The molecule has 10 nitrogen and oxygen atoms in total. The van der Waals surface area contributed by atoms with Crippen LogP contribution in [0.25, 0.3) is 22.3 Å². The van der Waals surface area contributed by atoms with Gasteiger partial charge in [0.05, 0.1) is 7.11 Å². The summed E-state index contributed by atoms with van der Waals surface area (Å²) in [7, 11) is 4.45. The fourth-order valence-corrected chi connectivity index (χ4v) is 6.28. The zero-order valence-corrected chi connectivity index (χ0v) is 26.8. The summed E-state index contributed by atoms with van der Waals surface area (Å²) in [5.41, 5.74) is 5.99. The third-order valence-electron chi connectivity index (χ3n) is 9.00. The second kappa shape index (κ2) is 13.7. The lowest BCUT2D eigenvalue weighted by Crippen LogP contribution is -2.56. The molecule has 11 heteroatoms. The highest BCUT2D eigenvalue weighted by Gasteiger charge is 2.39. The molecular weight excluding hydrogens is 589 g/mol. The highest BCUT2D eigenvalue weighted by atomic mass is 19.1. The number of nitrogens with zero attached hydrogens (tertiary/aromatic N) is 2. The third-order valence-corrected chi connectivity index (χ3v) is 9.00. The third kappa shape index (κ3) is 6.60. The van der Waals surface area contributed by atoms with Crippen molar-refractivity contribution in [3.63, 3.8) is 0 Å². The summed E-state index contributed by atoms with van der Waals surface area (Å²) in [5, 5.41) is 9.02. The van der Waals surface area contributed by atoms with E-state index < -0.39 is 23.8 Å². The number of carbonyl (C=O) groups excluding carboxylic acids is 4. The van der Waals surface area contributed by atoms with Crippen molar-refractivity contribution in [3.8, 4) is 28.0 Å². The molecule has 0 saturated carbocycles. The number of urea groups is 1. The molecule has 0 aliphatic carbocycles. The number of methoxy groups -OCH3 is 1. The first-order chi connectivity index (χ1) is 22.0. The Balaban J connectivity index is 1.37. The predicted octanol–water partition coefficient (Wildman–Crippen LogP) is 4.48. The molecule has 5 rings (SSSR count). The Morgan fingerprint density at radius 3 is 2.43 bits per heavy atom. The van der Waals surface area contributed by atoms with Gasteiger partial charge in [-0.25, -0.2) is 9.18 Å². The zero-order chi connectivity index (χ0) is 33.1. The van der Waals surface area contributed by atoms with Crippen LogP contribution in [0.1, 0.15) is 29.5 Å². The Morgan fingerprint density at radius 1 is 1.02 bits per heavy atom. The van der Waals surface area contributed by atoms with E-state index in [0.717, 1.165) is 39.1 Å². The average Bonchev–Trinajstić information content (AvgIpc) is 3.03. The highest BCUT2D eigenvalue weighted by molar-refractivity contribution is 6.12. The van der Waals surface area contributed by atoms with Crippen LogP contribution in [0.15, 0.2) is 48.5 Å². The van der Waals surface area contributed by atoms with Crippen LogP contribution in [0.3, 0.4) is 0 Å². The predicted molar refractivity (Wildman–Crippen MR) is 174 cm³/mol. The van der Waals surface area contributed by atoms with Gasteiger partial charge in [-0.1, -0.05) is 30.3 Å². The maximum atomic E-state index is 15.6. The molecule has 0 bridgehead atoms. The van der Waals surface area contributed by atoms with Crippen LogP contribution < -0.4 is 20.7 Å². The maximum absolute atomic E-state index is 15.6. The molecule has 3 N–H and O–H groups in total. The molecule has 0 aromatic heterocycles. The number of hydrogen-bond donors (Lipinski definition) is 3. The van der Waals surface area contributed by atoms with Gasteiger partial charge < -0.3 is 25.6 Å². The Hall–Kier alpha value is -4.77. The molecule has 2 atom stereocenters. The molecule has 5 amide bonds. The topological polar surface area (TPSA) is 120 Å². The van der Waals surface area contributed by atoms with Gasteiger partial charge in [0.1, 0.15) is 17.5 Å². The molecule has 242 valence electrons. The van der Waals surface area contributed by atoms with Crippen molar-refractivity contribution in [2.45, 2.75) is 33.2 Å². The van der Waals surface area contributed by atoms with Crippen LogP contribution >= 0.6 is 0 Å². The van der Waals surface area contributed by atoms with E-state index in [1.165, 1.54) is 25.1 Å². The van der Waals surface area contributed by atoms with Gasteiger partial charge in [-0.15, -0.1) is 0 Å². The quantitative estimate of drug-likeness (QED) is 0.301. The number of ether oxygens (including phenoxy) is 1. The number of rotatable bonds is 9. The second-order valence-corrected chi connectivity index (χ2v) is 12.0. The zero-order valence-electron chi connectivity index (χ0n) is 26.8. The molecule has 3 aromatic rings. The van der Waals surface area contributed by atoms with Crippen molar-refractivity contribution < 1.29 is 28.3 Å². The van der Waals surface area contributed by atoms with Crippen LogP contribution in [0.5, 0.6) is 5.75 Å². The number of carbonyl (C=O) groups is 4. The molecule has 2 aliphatic rings. The number of amides is 5. The van der Waals surface area contributed by atoms with Crippen molar-refractivity contribution in [2.24, 2.45) is 11.8 Å². The van der Waals surface area contributed by atoms with Crippen molar-refractivity contribution in [1.82, 2.24) is 20.4 Å². The van der Waals surface area contributed by atoms with Crippen LogP contribution in [-0.4, -0.2) is 74.4 Å². The summed E-state index contributed by atoms with van der Waals surface area (Å²) >= 11 is 0. The largest absolute Gasteiger partial charge is 0.496 e. The number of halogens is 1. The van der Waals surface area contributed by atoms with Crippen molar-refractivity contribution in [2.75, 3.05) is 46.2 Å². The van der Waals surface area contributed by atoms with Gasteiger partial charge in [0.2, 0.25) is 17.7 Å². The van der Waals surface area contributed by atoms with E-state index >= 15 is 4.39 Å². The fourth-order valence-electron chi connectivity index (χ4n) is 6.28. The minimum Gasteiger partial charge on any atom is -0.496 e. The summed E-state index contributed by atoms with van der Waals surface area (Å²) in [6.07, 6.45) is 1.35. The van der Waals surface area contributed by atoms with Gasteiger partial charge in [0, 0.05) is 51.4 Å². The molecule has 2 aliphatic heterocycles. The Kier molecular flexibility index (Phi) is 9.71. The summed E-state index contributed by atoms with van der Waals surface area (Å²) in [4.78, 5) is 52.0. The first-order valence-corrected chi connectivity index (χ1v) is 15.4. The number of piperidine rings is 1. The van der Waals surface area contributed by atoms with Gasteiger partial charge in [0.25, 0.3) is 0 Å². The summed E-state index contributed by atoms with van der Waals surface area (Å²) < 4.78 is 21.2. The molecule has 0 spiro atoms. The van der Waals surface area contributed by atoms with Gasteiger partial charge in [-0.3, -0.25) is 19.3 Å². The van der Waals surface area contributed by atoms with Gasteiger partial charge in [-0.05, 0) is 84.3 Å². The van der Waals surface area contributed by atoms with Gasteiger partial charge in [-0.2, -0.15) is 0 Å². The molecule has 46 heavy (non-hydrogen) atoms. The normalized spacial score (nSPS) is 18.4. The standard InChI is InChI=1S/C35H40FN5O5/c1-20-24(23-15-29(36)27(31(16-23)46-5)18-37-17-22-12-13-38-32(42)14-22)8-6-9-25(20)26-10-7-11-30(21(26)2)39-33(43)28-19-40(3)35(45)41(4)34(28)44/h6-11,15-16,22,28,37H,12-14,17-19H2,1-5H3,(H,38,42)(H,39,43). The highest BCUT2D eigenvalue weighted by Crippen LogP contribution is 2.38. The van der Waals surface area contributed by atoms with E-state index in [9.17, 15) is 19.2 Å². The van der Waals surface area contributed by atoms with E-state index in [1.54, 1.807) is 13.1 Å². The minimum absolute atomic E-state index is 0.00183. The monoisotopic (exact) mass is 629 g/mol. The summed E-state index contributed by atoms with van der Waals surface area (Å²) in [6.45, 7) is 5.42. The first-order valence-electron chi connectivity index (χ1n) is 15.4. The first kappa shape index (κ1) is 32.6. The van der Waals surface area contributed by atoms with Crippen LogP contribution in [-0.2, 0) is 20.9 Å². The van der Waals surface area contributed by atoms with Gasteiger partial charge in [0.15, 0.2) is 0 Å². The molecule has 2 unspecified atom stereocenters. The number of imide groups is 1. The molecule has 3 aromatic carbocycles. The lowest BCUT2D eigenvalue weighted by atomic mass is 9.90. The Bertz CT molecular complexity index is 1690. The van der Waals surface area contributed by atoms with Crippen LogP contribution in [0, 0.1) is 31.5 Å². The summed E-state index contributed by atoms with van der Waals surface area (Å²) in [5.74, 6) is -1.73. The lowest BCUT2D eigenvalue weighted by molar-refractivity contribution is -0.140. The van der Waals surface area contributed by atoms with Crippen molar-refractivity contribution >= 4 is 29.4 Å². The average molecular weight is 630 g/mol.